The fourth-order valence-electron chi connectivity index (χ4n) is 4.09. The first-order valence-corrected chi connectivity index (χ1v) is 10.9. The summed E-state index contributed by atoms with van der Waals surface area (Å²) in [5, 5.41) is 9.77. The largest absolute Gasteiger partial charge is 0.383 e. The Morgan fingerprint density at radius 2 is 2.03 bits per heavy atom. The number of urea groups is 1. The van der Waals surface area contributed by atoms with Gasteiger partial charge in [0.15, 0.2) is 5.82 Å². The molecule has 0 atom stereocenters. The number of halogens is 1. The van der Waals surface area contributed by atoms with Gasteiger partial charge in [0.1, 0.15) is 29.4 Å². The fraction of sp³-hybridized carbons (Fsp3) is 0.304. The molecule has 2 aliphatic rings. The Labute approximate surface area is 188 Å². The van der Waals surface area contributed by atoms with Crippen molar-refractivity contribution < 1.29 is 13.7 Å². The van der Waals surface area contributed by atoms with E-state index in [1.54, 1.807) is 18.2 Å². The van der Waals surface area contributed by atoms with Crippen molar-refractivity contribution in [1.29, 1.82) is 0 Å². The Balaban J connectivity index is 1.24. The molecule has 0 spiro atoms. The van der Waals surface area contributed by atoms with Crippen LogP contribution < -0.4 is 16.4 Å². The molecule has 0 bridgehead atoms. The highest BCUT2D eigenvalue weighted by Gasteiger charge is 2.43. The number of anilines is 3. The van der Waals surface area contributed by atoms with E-state index in [9.17, 15) is 4.79 Å². The Morgan fingerprint density at radius 3 is 2.76 bits per heavy atom. The lowest BCUT2D eigenvalue weighted by Gasteiger charge is -2.08. The first kappa shape index (κ1) is 19.7. The molecule has 6 rings (SSSR count). The molecule has 2 amide bonds. The molecule has 3 aromatic heterocycles. The summed E-state index contributed by atoms with van der Waals surface area (Å²) in [5.41, 5.74) is 8.13. The van der Waals surface area contributed by atoms with E-state index in [4.69, 9.17) is 10.3 Å². The maximum absolute atomic E-state index is 15.2. The molecular weight excluding hydrogens is 425 g/mol. The molecule has 2 aliphatic carbocycles. The Bertz CT molecular complexity index is 1400. The van der Waals surface area contributed by atoms with Gasteiger partial charge < -0.3 is 20.1 Å². The maximum atomic E-state index is 15.2. The molecule has 4 aromatic rings. The zero-order valence-electron chi connectivity index (χ0n) is 17.9. The molecule has 2 fully saturated rings. The number of benzene rings is 1. The van der Waals surface area contributed by atoms with E-state index in [0.717, 1.165) is 31.4 Å². The van der Waals surface area contributed by atoms with E-state index in [1.807, 2.05) is 10.8 Å². The highest BCUT2D eigenvalue weighted by molar-refractivity contribution is 6.02. The molecular formula is C23H22FN7O2. The highest BCUT2D eigenvalue weighted by atomic mass is 19.1. The first-order chi connectivity index (χ1) is 15.9. The smallest absolute Gasteiger partial charge is 0.324 e. The number of rotatable bonds is 5. The van der Waals surface area contributed by atoms with Gasteiger partial charge in [0.2, 0.25) is 0 Å². The van der Waals surface area contributed by atoms with E-state index in [-0.39, 0.29) is 5.41 Å². The van der Waals surface area contributed by atoms with Crippen LogP contribution in [0.1, 0.15) is 44.4 Å². The van der Waals surface area contributed by atoms with Crippen molar-refractivity contribution in [1.82, 2.24) is 19.7 Å². The van der Waals surface area contributed by atoms with Gasteiger partial charge in [0.25, 0.3) is 0 Å². The zero-order valence-corrected chi connectivity index (χ0v) is 17.9. The predicted molar refractivity (Wildman–Crippen MR) is 121 cm³/mol. The second kappa shape index (κ2) is 7.03. The number of amides is 2. The minimum atomic E-state index is -0.536. The normalized spacial score (nSPS) is 16.7. The number of hydrogen-bond acceptors (Lipinski definition) is 6. The minimum Gasteiger partial charge on any atom is -0.383 e. The number of nitrogen functional groups attached to an aromatic ring is 1. The summed E-state index contributed by atoms with van der Waals surface area (Å²) in [6, 6.07) is 6.06. The maximum Gasteiger partial charge on any atom is 0.324 e. The van der Waals surface area contributed by atoms with Gasteiger partial charge in [-0.25, -0.2) is 19.2 Å². The van der Waals surface area contributed by atoms with E-state index < -0.39 is 11.8 Å². The highest BCUT2D eigenvalue weighted by Crippen LogP contribution is 2.48. The number of carbonyl (C=O) groups excluding carboxylic acids is 1. The number of aromatic nitrogens is 4. The lowest BCUT2D eigenvalue weighted by Crippen LogP contribution is -2.19. The first-order valence-electron chi connectivity index (χ1n) is 10.9. The van der Waals surface area contributed by atoms with Crippen molar-refractivity contribution >= 4 is 34.4 Å². The third-order valence-electron chi connectivity index (χ3n) is 6.44. The van der Waals surface area contributed by atoms with Crippen molar-refractivity contribution in [3.63, 3.8) is 0 Å². The van der Waals surface area contributed by atoms with Crippen LogP contribution in [0, 0.1) is 5.82 Å². The van der Waals surface area contributed by atoms with Crippen LogP contribution in [0.2, 0.25) is 0 Å². The molecule has 1 aromatic carbocycles. The fourth-order valence-corrected chi connectivity index (χ4v) is 4.09. The summed E-state index contributed by atoms with van der Waals surface area (Å²) in [6.07, 6.45) is 7.49. The van der Waals surface area contributed by atoms with Gasteiger partial charge in [-0.1, -0.05) is 12.1 Å². The van der Waals surface area contributed by atoms with Crippen LogP contribution in [-0.4, -0.2) is 25.7 Å². The van der Waals surface area contributed by atoms with Crippen molar-refractivity contribution in [2.45, 2.75) is 44.1 Å². The van der Waals surface area contributed by atoms with Crippen LogP contribution in [0.15, 0.2) is 41.3 Å². The molecule has 10 heteroatoms. The monoisotopic (exact) mass is 447 g/mol. The molecule has 0 aliphatic heterocycles. The number of hydrogen-bond donors (Lipinski definition) is 3. The van der Waals surface area contributed by atoms with Gasteiger partial charge in [-0.2, -0.15) is 0 Å². The zero-order chi connectivity index (χ0) is 22.7. The summed E-state index contributed by atoms with van der Waals surface area (Å²) in [6.45, 7) is 2.09. The van der Waals surface area contributed by atoms with Gasteiger partial charge in [-0.15, -0.1) is 0 Å². The molecule has 9 nitrogen and oxygen atoms in total. The number of nitrogens with zero attached hydrogens (tertiary/aromatic N) is 4. The number of carbonyl (C=O) groups is 1. The SMILES string of the molecule is CC1(c2cc(NC(=O)Nc3ccc(-c4cn(C5CC5)c5ncnc(N)c45)c(F)c3)no2)CC1. The molecule has 168 valence electrons. The lowest BCUT2D eigenvalue weighted by atomic mass is 10.0. The summed E-state index contributed by atoms with van der Waals surface area (Å²) >= 11 is 0. The van der Waals surface area contributed by atoms with Crippen molar-refractivity contribution in [3.8, 4) is 11.1 Å². The summed E-state index contributed by atoms with van der Waals surface area (Å²) in [7, 11) is 0. The second-order valence-electron chi connectivity index (χ2n) is 9.05. The van der Waals surface area contributed by atoms with Crippen molar-refractivity contribution in [2.75, 3.05) is 16.4 Å². The van der Waals surface area contributed by atoms with Gasteiger partial charge in [0.05, 0.1) is 5.39 Å². The Morgan fingerprint density at radius 1 is 1.21 bits per heavy atom. The Kier molecular flexibility index (Phi) is 4.20. The van der Waals surface area contributed by atoms with Gasteiger partial charge in [-0.3, -0.25) is 5.32 Å². The Hall–Kier alpha value is -3.95. The molecule has 3 heterocycles. The van der Waals surface area contributed by atoms with Crippen molar-refractivity contribution in [3.05, 3.63) is 48.4 Å². The van der Waals surface area contributed by atoms with Gasteiger partial charge in [-0.05, 0) is 43.9 Å². The number of fused-ring (bicyclic) bond motifs is 1. The van der Waals surface area contributed by atoms with Crippen LogP contribution in [0.5, 0.6) is 0 Å². The van der Waals surface area contributed by atoms with Gasteiger partial charge >= 0.3 is 6.03 Å². The van der Waals surface area contributed by atoms with Crippen molar-refractivity contribution in [2.24, 2.45) is 0 Å². The van der Waals surface area contributed by atoms with Crippen LogP contribution >= 0.6 is 0 Å². The van der Waals surface area contributed by atoms with E-state index in [2.05, 4.69) is 32.7 Å². The molecule has 0 radical (unpaired) electrons. The van der Waals surface area contributed by atoms with E-state index in [1.165, 1.54) is 12.4 Å². The standard InChI is InChI=1S/C23H22FN7O2/c1-23(6-7-23)17-9-18(30-33-17)29-22(32)28-12-2-5-14(16(24)8-12)15-10-31(13-3-4-13)21-19(15)20(25)26-11-27-21/h2,5,8-11,13H,3-4,6-7H2,1H3,(H2,25,26,27)(H2,28,29,30,32). The number of nitrogens with two attached hydrogens (primary N) is 1. The third-order valence-corrected chi connectivity index (χ3v) is 6.44. The molecule has 33 heavy (non-hydrogen) atoms. The van der Waals surface area contributed by atoms with Gasteiger partial charge in [0, 0.05) is 40.5 Å². The summed E-state index contributed by atoms with van der Waals surface area (Å²) in [4.78, 5) is 20.8. The molecule has 4 N–H and O–H groups in total. The van der Waals surface area contributed by atoms with Crippen LogP contribution in [0.4, 0.5) is 26.5 Å². The lowest BCUT2D eigenvalue weighted by molar-refractivity contribution is 0.262. The molecule has 0 unspecified atom stereocenters. The van der Waals surface area contributed by atoms with E-state index in [0.29, 0.717) is 45.5 Å². The second-order valence-corrected chi connectivity index (χ2v) is 9.05. The summed E-state index contributed by atoms with van der Waals surface area (Å²) in [5.74, 6) is 0.886. The quantitative estimate of drug-likeness (QED) is 0.402. The van der Waals surface area contributed by atoms with E-state index >= 15 is 4.39 Å². The average molecular weight is 447 g/mol. The number of nitrogens with one attached hydrogen (secondary N) is 2. The van der Waals surface area contributed by atoms with Crippen LogP contribution in [-0.2, 0) is 5.41 Å². The topological polar surface area (TPSA) is 124 Å². The molecule has 2 saturated carbocycles. The summed E-state index contributed by atoms with van der Waals surface area (Å²) < 4.78 is 22.5. The van der Waals surface area contributed by atoms with Crippen LogP contribution in [0.25, 0.3) is 22.2 Å². The predicted octanol–water partition coefficient (Wildman–Crippen LogP) is 4.84. The van der Waals surface area contributed by atoms with Crippen LogP contribution in [0.3, 0.4) is 0 Å². The minimum absolute atomic E-state index is 0.0133. The molecule has 0 saturated heterocycles. The third kappa shape index (κ3) is 3.47. The average Bonchev–Trinajstić information content (AvgIpc) is 3.68.